The minimum absolute atomic E-state index is 0.0240. The van der Waals surface area contributed by atoms with Crippen LogP contribution in [-0.4, -0.2) is 56.9 Å². The molecule has 1 amide bonds. The number of carbonyl (C=O) groups is 2. The Morgan fingerprint density at radius 1 is 1.30 bits per heavy atom. The molecule has 3 heterocycles. The van der Waals surface area contributed by atoms with Gasteiger partial charge in [-0.2, -0.15) is 8.42 Å². The van der Waals surface area contributed by atoms with E-state index in [-0.39, 0.29) is 41.4 Å². The summed E-state index contributed by atoms with van der Waals surface area (Å²) in [6.45, 7) is -0.0240. The van der Waals surface area contributed by atoms with Crippen molar-refractivity contribution in [2.75, 3.05) is 5.32 Å². The van der Waals surface area contributed by atoms with Crippen molar-refractivity contribution in [3.63, 3.8) is 0 Å². The number of nitrogens with zero attached hydrogens (tertiary/aromatic N) is 4. The maximum atomic E-state index is 13.1. The minimum Gasteiger partial charge on any atom is -0.509 e. The quantitative estimate of drug-likeness (QED) is 0.587. The van der Waals surface area contributed by atoms with Gasteiger partial charge in [0.25, 0.3) is 15.9 Å². The average Bonchev–Trinajstić information content (AvgIpc) is 3.27. The van der Waals surface area contributed by atoms with Crippen molar-refractivity contribution < 1.29 is 28.2 Å². The van der Waals surface area contributed by atoms with Crippen molar-refractivity contribution in [1.82, 2.24) is 14.5 Å². The van der Waals surface area contributed by atoms with Gasteiger partial charge in [-0.1, -0.05) is 16.6 Å². The highest BCUT2D eigenvalue weighted by Gasteiger charge is 2.43. The molecule has 11 nitrogen and oxygen atoms in total. The highest BCUT2D eigenvalue weighted by atomic mass is 32.2. The van der Waals surface area contributed by atoms with Crippen molar-refractivity contribution >= 4 is 45.0 Å². The number of aromatic nitrogens is 2. The van der Waals surface area contributed by atoms with E-state index in [0.29, 0.717) is 5.69 Å². The van der Waals surface area contributed by atoms with Crippen LogP contribution in [0.5, 0.6) is 0 Å². The standard InChI is InChI=1S/C17H15N5O6S2/c23-13(24)6-5-11-15(25)14(17(26)22(11)7-9-8-29-21-19-9)16-18-10-3-1-2-4-12(10)30(27,28)20-16/h1-4,8,11,25H,5-7H2,(H,18,20)(H,23,24). The Labute approximate surface area is 174 Å². The van der Waals surface area contributed by atoms with Gasteiger partial charge in [0.15, 0.2) is 5.84 Å². The molecule has 0 bridgehead atoms. The molecular weight excluding hydrogens is 434 g/mol. The Morgan fingerprint density at radius 2 is 2.07 bits per heavy atom. The first-order valence-electron chi connectivity index (χ1n) is 8.71. The lowest BCUT2D eigenvalue weighted by Gasteiger charge is -2.24. The fraction of sp³-hybridized carbons (Fsp3) is 0.235. The van der Waals surface area contributed by atoms with Crippen LogP contribution in [0, 0.1) is 0 Å². The van der Waals surface area contributed by atoms with Gasteiger partial charge in [-0.15, -0.1) is 9.50 Å². The first kappa shape index (κ1) is 20.0. The largest absolute Gasteiger partial charge is 0.509 e. The first-order valence-corrected chi connectivity index (χ1v) is 11.0. The molecule has 1 aromatic heterocycles. The van der Waals surface area contributed by atoms with Crippen molar-refractivity contribution in [3.05, 3.63) is 46.7 Å². The Morgan fingerprint density at radius 3 is 2.77 bits per heavy atom. The van der Waals surface area contributed by atoms with Gasteiger partial charge in [0.1, 0.15) is 16.2 Å². The number of hydrogen-bond donors (Lipinski definition) is 3. The number of aliphatic hydroxyl groups is 1. The number of aliphatic carboxylic acids is 1. The summed E-state index contributed by atoms with van der Waals surface area (Å²) in [6.07, 6.45) is -0.368. The number of carboxylic acid groups (broad SMARTS) is 1. The van der Waals surface area contributed by atoms with Crippen molar-refractivity contribution in [2.24, 2.45) is 4.40 Å². The third-order valence-corrected chi connectivity index (χ3v) is 6.55. The van der Waals surface area contributed by atoms with Gasteiger partial charge in [-0.25, -0.2) is 0 Å². The summed E-state index contributed by atoms with van der Waals surface area (Å²) in [7, 11) is -4.09. The van der Waals surface area contributed by atoms with Crippen LogP contribution < -0.4 is 5.32 Å². The van der Waals surface area contributed by atoms with Gasteiger partial charge in [-0.3, -0.25) is 9.59 Å². The van der Waals surface area contributed by atoms with Gasteiger partial charge in [0.2, 0.25) is 0 Å². The molecule has 0 fully saturated rings. The van der Waals surface area contributed by atoms with E-state index in [1.165, 1.54) is 17.0 Å². The molecule has 13 heteroatoms. The third-order valence-electron chi connectivity index (χ3n) is 4.66. The second-order valence-electron chi connectivity index (χ2n) is 6.57. The molecule has 4 rings (SSSR count). The lowest BCUT2D eigenvalue weighted by atomic mass is 10.1. The van der Waals surface area contributed by atoms with Crippen LogP contribution in [0.15, 0.2) is 50.3 Å². The molecule has 1 atom stereocenters. The van der Waals surface area contributed by atoms with Gasteiger partial charge < -0.3 is 20.4 Å². The maximum absolute atomic E-state index is 13.1. The first-order chi connectivity index (χ1) is 14.3. The van der Waals surface area contributed by atoms with E-state index in [4.69, 9.17) is 5.11 Å². The summed E-state index contributed by atoms with van der Waals surface area (Å²) in [5, 5.41) is 28.1. The van der Waals surface area contributed by atoms with E-state index in [1.807, 2.05) is 0 Å². The molecule has 1 aromatic carbocycles. The molecule has 0 radical (unpaired) electrons. The lowest BCUT2D eigenvalue weighted by Crippen LogP contribution is -2.37. The number of anilines is 1. The SMILES string of the molecule is O=C(O)CCC1C(O)=C(C2=NS(=O)(=O)c3ccccc3N2)C(=O)N1Cc1csnn1. The van der Waals surface area contributed by atoms with Gasteiger partial charge >= 0.3 is 5.97 Å². The van der Waals surface area contributed by atoms with Crippen molar-refractivity contribution in [1.29, 1.82) is 0 Å². The zero-order chi connectivity index (χ0) is 21.5. The predicted octanol–water partition coefficient (Wildman–Crippen LogP) is 1.14. The molecule has 0 saturated heterocycles. The average molecular weight is 449 g/mol. The Balaban J connectivity index is 1.74. The van der Waals surface area contributed by atoms with Crippen LogP contribution in [-0.2, 0) is 26.2 Å². The molecule has 0 aliphatic carbocycles. The number of rotatable bonds is 6. The molecule has 0 saturated carbocycles. The number of amides is 1. The van der Waals surface area contributed by atoms with E-state index in [0.717, 1.165) is 11.5 Å². The smallest absolute Gasteiger partial charge is 0.303 e. The molecular formula is C17H15N5O6S2. The Hall–Kier alpha value is -3.32. The number of aliphatic hydroxyl groups excluding tert-OH is 1. The fourth-order valence-corrected chi connectivity index (χ4v) is 4.88. The summed E-state index contributed by atoms with van der Waals surface area (Å²) >= 11 is 1.08. The third kappa shape index (κ3) is 3.52. The van der Waals surface area contributed by atoms with Gasteiger partial charge in [0, 0.05) is 11.8 Å². The van der Waals surface area contributed by atoms with Crippen LogP contribution in [0.2, 0.25) is 0 Å². The van der Waals surface area contributed by atoms with E-state index < -0.39 is 33.7 Å². The van der Waals surface area contributed by atoms with E-state index >= 15 is 0 Å². The summed E-state index contributed by atoms with van der Waals surface area (Å²) in [4.78, 5) is 25.3. The number of para-hydroxylation sites is 1. The summed E-state index contributed by atoms with van der Waals surface area (Å²) < 4.78 is 32.5. The minimum atomic E-state index is -4.09. The van der Waals surface area contributed by atoms with Gasteiger partial charge in [0.05, 0.1) is 24.0 Å². The zero-order valence-corrected chi connectivity index (χ0v) is 16.9. The molecule has 0 spiro atoms. The number of hydrogen-bond acceptors (Lipinski definition) is 9. The monoisotopic (exact) mass is 449 g/mol. The van der Waals surface area contributed by atoms with Crippen molar-refractivity contribution in [2.45, 2.75) is 30.3 Å². The van der Waals surface area contributed by atoms with Gasteiger partial charge in [-0.05, 0) is 30.1 Å². The normalized spacial score (nSPS) is 20.0. The van der Waals surface area contributed by atoms with E-state index in [9.17, 15) is 23.1 Å². The highest BCUT2D eigenvalue weighted by Crippen LogP contribution is 2.34. The second kappa shape index (κ2) is 7.50. The van der Waals surface area contributed by atoms with Crippen LogP contribution in [0.4, 0.5) is 5.69 Å². The second-order valence-corrected chi connectivity index (χ2v) is 8.76. The summed E-state index contributed by atoms with van der Waals surface area (Å²) in [5.41, 5.74) is 0.366. The number of carbonyl (C=O) groups excluding carboxylic acids is 1. The number of benzene rings is 1. The van der Waals surface area contributed by atoms with Crippen LogP contribution in [0.25, 0.3) is 0 Å². The highest BCUT2D eigenvalue weighted by molar-refractivity contribution is 7.90. The summed E-state index contributed by atoms with van der Waals surface area (Å²) in [5.74, 6) is -2.53. The zero-order valence-electron chi connectivity index (χ0n) is 15.2. The molecule has 3 N–H and O–H groups in total. The number of carboxylic acids is 1. The Bertz CT molecular complexity index is 1190. The van der Waals surface area contributed by atoms with Crippen LogP contribution in [0.3, 0.4) is 0 Å². The fourth-order valence-electron chi connectivity index (χ4n) is 3.32. The lowest BCUT2D eigenvalue weighted by molar-refractivity contribution is -0.138. The molecule has 2 aliphatic rings. The molecule has 156 valence electrons. The summed E-state index contributed by atoms with van der Waals surface area (Å²) in [6, 6.07) is 5.09. The number of amidine groups is 1. The Kier molecular flexibility index (Phi) is 4.99. The molecule has 2 aromatic rings. The molecule has 1 unspecified atom stereocenters. The van der Waals surface area contributed by atoms with Crippen LogP contribution in [0.1, 0.15) is 18.5 Å². The van der Waals surface area contributed by atoms with Crippen molar-refractivity contribution in [3.8, 4) is 0 Å². The topological polar surface area (TPSA) is 162 Å². The van der Waals surface area contributed by atoms with E-state index in [2.05, 4.69) is 19.3 Å². The van der Waals surface area contributed by atoms with Crippen LogP contribution >= 0.6 is 11.5 Å². The molecule has 30 heavy (non-hydrogen) atoms. The molecule has 2 aliphatic heterocycles. The number of sulfonamides is 1. The number of fused-ring (bicyclic) bond motifs is 1. The number of nitrogens with one attached hydrogen (secondary N) is 1. The maximum Gasteiger partial charge on any atom is 0.303 e. The van der Waals surface area contributed by atoms with E-state index in [1.54, 1.807) is 17.5 Å². The predicted molar refractivity (Wildman–Crippen MR) is 105 cm³/mol.